The number of likely N-dealkylation sites (tertiary alicyclic amines) is 1. The smallest absolute Gasteiger partial charge is 0.257 e. The fraction of sp³-hybridized carbons (Fsp3) is 0.722. The zero-order chi connectivity index (χ0) is 15.7. The highest BCUT2D eigenvalue weighted by molar-refractivity contribution is 5.95. The lowest BCUT2D eigenvalue weighted by molar-refractivity contribution is 0.0210. The topological polar surface area (TPSA) is 53.7 Å². The maximum absolute atomic E-state index is 13.0. The molecule has 3 unspecified atom stereocenters. The normalized spacial score (nSPS) is 29.3. The highest BCUT2D eigenvalue weighted by Crippen LogP contribution is 2.36. The van der Waals surface area contributed by atoms with Crippen LogP contribution < -0.4 is 0 Å². The van der Waals surface area contributed by atoms with Gasteiger partial charge in [-0.05, 0) is 31.7 Å². The third-order valence-corrected chi connectivity index (χ3v) is 5.29. The van der Waals surface area contributed by atoms with E-state index in [1.807, 2.05) is 18.7 Å². The van der Waals surface area contributed by atoms with Crippen LogP contribution in [-0.4, -0.2) is 34.6 Å². The third-order valence-electron chi connectivity index (χ3n) is 5.29. The van der Waals surface area contributed by atoms with E-state index in [0.717, 1.165) is 44.4 Å². The van der Waals surface area contributed by atoms with Crippen molar-refractivity contribution in [3.8, 4) is 0 Å². The Balaban J connectivity index is 1.80. The molecule has 1 aromatic rings. The van der Waals surface area contributed by atoms with Gasteiger partial charge >= 0.3 is 0 Å². The van der Waals surface area contributed by atoms with Crippen LogP contribution in [0.25, 0.3) is 0 Å². The second kappa shape index (κ2) is 6.45. The number of rotatable bonds is 3. The zero-order valence-electron chi connectivity index (χ0n) is 13.6. The summed E-state index contributed by atoms with van der Waals surface area (Å²) in [6.07, 6.45) is 7.62. The van der Waals surface area contributed by atoms with Gasteiger partial charge in [0, 0.05) is 24.4 Å². The van der Waals surface area contributed by atoms with E-state index < -0.39 is 0 Å². The monoisotopic (exact) mass is 305 g/mol. The molecule has 4 nitrogen and oxygen atoms in total. The molecule has 122 valence electrons. The van der Waals surface area contributed by atoms with Crippen LogP contribution in [-0.2, 0) is 0 Å². The van der Waals surface area contributed by atoms with E-state index in [1.54, 1.807) is 12.3 Å². The number of carbonyl (C=O) groups excluding carboxylic acids is 1. The Kier molecular flexibility index (Phi) is 4.57. The summed E-state index contributed by atoms with van der Waals surface area (Å²) in [5.74, 6) is 1.31. The molecule has 3 atom stereocenters. The molecule has 0 spiro atoms. The van der Waals surface area contributed by atoms with Gasteiger partial charge in [-0.25, -0.2) is 0 Å². The Morgan fingerprint density at radius 1 is 1.27 bits per heavy atom. The van der Waals surface area contributed by atoms with Crippen LogP contribution >= 0.6 is 0 Å². The van der Waals surface area contributed by atoms with Gasteiger partial charge in [0.2, 0.25) is 0 Å². The molecular formula is C18H27NO3. The van der Waals surface area contributed by atoms with Crippen LogP contribution in [0.5, 0.6) is 0 Å². The number of aliphatic hydroxyl groups excluding tert-OH is 1. The Morgan fingerprint density at radius 3 is 2.77 bits per heavy atom. The van der Waals surface area contributed by atoms with Gasteiger partial charge in [0.05, 0.1) is 17.9 Å². The minimum absolute atomic E-state index is 0.0812. The molecule has 1 saturated heterocycles. The standard InChI is InChI=1S/C18H27NO3/c1-12(2)17-14(9-11-22-17)18(21)19-10-5-7-15(19)13-6-3-4-8-16(13)20/h9,11-13,15-16,20H,3-8,10H2,1-2H3. The molecule has 2 fully saturated rings. The average molecular weight is 305 g/mol. The summed E-state index contributed by atoms with van der Waals surface area (Å²) < 4.78 is 5.51. The van der Waals surface area contributed by atoms with Crippen LogP contribution in [0.2, 0.25) is 0 Å². The van der Waals surface area contributed by atoms with Gasteiger partial charge in [0.1, 0.15) is 5.76 Å². The second-order valence-corrected chi connectivity index (χ2v) is 7.08. The van der Waals surface area contributed by atoms with Gasteiger partial charge in [-0.2, -0.15) is 0 Å². The maximum atomic E-state index is 13.0. The van der Waals surface area contributed by atoms with Crippen molar-refractivity contribution < 1.29 is 14.3 Å². The molecule has 0 bridgehead atoms. The van der Waals surface area contributed by atoms with E-state index >= 15 is 0 Å². The van der Waals surface area contributed by atoms with Crippen molar-refractivity contribution in [2.24, 2.45) is 5.92 Å². The van der Waals surface area contributed by atoms with Crippen LogP contribution in [0.15, 0.2) is 16.7 Å². The fourth-order valence-corrected chi connectivity index (χ4v) is 4.18. The van der Waals surface area contributed by atoms with Crippen LogP contribution in [0, 0.1) is 5.92 Å². The Hall–Kier alpha value is -1.29. The van der Waals surface area contributed by atoms with E-state index in [9.17, 15) is 9.90 Å². The zero-order valence-corrected chi connectivity index (χ0v) is 13.6. The number of hydrogen-bond donors (Lipinski definition) is 1. The van der Waals surface area contributed by atoms with Crippen LogP contribution in [0.1, 0.15) is 74.4 Å². The fourth-order valence-electron chi connectivity index (χ4n) is 4.18. The Morgan fingerprint density at radius 2 is 2.05 bits per heavy atom. The number of hydrogen-bond acceptors (Lipinski definition) is 3. The molecule has 1 N–H and O–H groups in total. The van der Waals surface area contributed by atoms with E-state index in [0.29, 0.717) is 5.56 Å². The van der Waals surface area contributed by atoms with Crippen molar-refractivity contribution in [2.45, 2.75) is 70.4 Å². The number of aliphatic hydroxyl groups is 1. The maximum Gasteiger partial charge on any atom is 0.257 e. The van der Waals surface area contributed by atoms with Crippen molar-refractivity contribution in [3.05, 3.63) is 23.7 Å². The van der Waals surface area contributed by atoms with Crippen LogP contribution in [0.3, 0.4) is 0 Å². The molecule has 0 aromatic carbocycles. The lowest BCUT2D eigenvalue weighted by Crippen LogP contribution is -2.45. The van der Waals surface area contributed by atoms with Gasteiger partial charge in [0.25, 0.3) is 5.91 Å². The van der Waals surface area contributed by atoms with E-state index in [2.05, 4.69) is 0 Å². The summed E-state index contributed by atoms with van der Waals surface area (Å²) in [4.78, 5) is 15.0. The van der Waals surface area contributed by atoms with E-state index in [1.165, 1.54) is 6.42 Å². The van der Waals surface area contributed by atoms with E-state index in [-0.39, 0.29) is 29.9 Å². The molecule has 1 saturated carbocycles. The number of furan rings is 1. The first-order valence-electron chi connectivity index (χ1n) is 8.66. The number of nitrogens with zero attached hydrogens (tertiary/aromatic N) is 1. The molecule has 4 heteroatoms. The molecule has 1 aliphatic carbocycles. The first-order valence-corrected chi connectivity index (χ1v) is 8.66. The molecule has 22 heavy (non-hydrogen) atoms. The predicted octanol–water partition coefficient (Wildman–Crippen LogP) is 3.56. The lowest BCUT2D eigenvalue weighted by Gasteiger charge is -2.37. The van der Waals surface area contributed by atoms with Crippen molar-refractivity contribution in [1.29, 1.82) is 0 Å². The molecule has 1 amide bonds. The van der Waals surface area contributed by atoms with Gasteiger partial charge in [0.15, 0.2) is 0 Å². The minimum atomic E-state index is -0.249. The third kappa shape index (κ3) is 2.81. The van der Waals surface area contributed by atoms with Gasteiger partial charge < -0.3 is 14.4 Å². The predicted molar refractivity (Wildman–Crippen MR) is 84.8 cm³/mol. The summed E-state index contributed by atoms with van der Waals surface area (Å²) in [6.45, 7) is 4.89. The average Bonchev–Trinajstić information content (AvgIpc) is 3.16. The molecule has 2 heterocycles. The summed E-state index contributed by atoms with van der Waals surface area (Å²) in [6, 6.07) is 1.99. The Labute approximate surface area is 132 Å². The molecule has 3 rings (SSSR count). The SMILES string of the molecule is CC(C)c1occc1C(=O)N1CCCC1C1CCCCC1O. The number of carbonyl (C=O) groups is 1. The highest BCUT2D eigenvalue weighted by Gasteiger charge is 2.40. The molecule has 1 aliphatic heterocycles. The van der Waals surface area contributed by atoms with Crippen molar-refractivity contribution in [1.82, 2.24) is 4.90 Å². The summed E-state index contributed by atoms with van der Waals surface area (Å²) in [5.41, 5.74) is 0.701. The summed E-state index contributed by atoms with van der Waals surface area (Å²) in [7, 11) is 0. The molecule has 0 radical (unpaired) electrons. The van der Waals surface area contributed by atoms with E-state index in [4.69, 9.17) is 4.42 Å². The largest absolute Gasteiger partial charge is 0.468 e. The van der Waals surface area contributed by atoms with Crippen LogP contribution in [0.4, 0.5) is 0 Å². The van der Waals surface area contributed by atoms with Gasteiger partial charge in [-0.15, -0.1) is 0 Å². The summed E-state index contributed by atoms with van der Waals surface area (Å²) >= 11 is 0. The quantitative estimate of drug-likeness (QED) is 0.929. The number of amides is 1. The first-order chi connectivity index (χ1) is 10.6. The van der Waals surface area contributed by atoms with Gasteiger partial charge in [-0.1, -0.05) is 26.7 Å². The second-order valence-electron chi connectivity index (χ2n) is 7.08. The van der Waals surface area contributed by atoms with Crippen molar-refractivity contribution >= 4 is 5.91 Å². The molecular weight excluding hydrogens is 278 g/mol. The highest BCUT2D eigenvalue weighted by atomic mass is 16.3. The lowest BCUT2D eigenvalue weighted by atomic mass is 9.80. The molecule has 2 aliphatic rings. The van der Waals surface area contributed by atoms with Crippen molar-refractivity contribution in [2.75, 3.05) is 6.54 Å². The first kappa shape index (κ1) is 15.6. The minimum Gasteiger partial charge on any atom is -0.468 e. The van der Waals surface area contributed by atoms with Crippen molar-refractivity contribution in [3.63, 3.8) is 0 Å². The van der Waals surface area contributed by atoms with Gasteiger partial charge in [-0.3, -0.25) is 4.79 Å². The Bertz CT molecular complexity index is 522. The molecule has 1 aromatic heterocycles. The summed E-state index contributed by atoms with van der Waals surface area (Å²) in [5, 5.41) is 10.3.